The molecule has 0 bridgehead atoms. The van der Waals surface area contributed by atoms with Crippen LogP contribution in [0.3, 0.4) is 0 Å². The molecule has 104 valence electrons. The summed E-state index contributed by atoms with van der Waals surface area (Å²) >= 11 is 4.92. The minimum Gasteiger partial charge on any atom is -0.494 e. The van der Waals surface area contributed by atoms with Crippen LogP contribution in [-0.4, -0.2) is 6.61 Å². The zero-order chi connectivity index (χ0) is 14.1. The fraction of sp³-hybridized carbons (Fsp3) is 0.294. The Morgan fingerprint density at radius 1 is 1.20 bits per heavy atom. The standard InChI is InChI=1S/C17H16I2O/c1-2-3-6-20-14-5-4-11-7-12-8-13(18)9-16(19)17(12)15(11)10-14/h4-5,7-8,10H,2-3,6,9H2,1H3. The van der Waals surface area contributed by atoms with Crippen molar-refractivity contribution in [1.82, 2.24) is 0 Å². The zero-order valence-corrected chi connectivity index (χ0v) is 15.7. The highest BCUT2D eigenvalue weighted by Gasteiger charge is 2.24. The highest BCUT2D eigenvalue weighted by Crippen LogP contribution is 2.47. The molecule has 0 saturated heterocycles. The van der Waals surface area contributed by atoms with E-state index >= 15 is 0 Å². The molecule has 0 radical (unpaired) electrons. The molecule has 0 fully saturated rings. The molecule has 0 aliphatic heterocycles. The summed E-state index contributed by atoms with van der Waals surface area (Å²) in [5, 5.41) is 0. The van der Waals surface area contributed by atoms with E-state index in [0.717, 1.165) is 25.2 Å². The van der Waals surface area contributed by atoms with Crippen LogP contribution in [0.15, 0.2) is 37.0 Å². The molecular weight excluding hydrogens is 474 g/mol. The highest BCUT2D eigenvalue weighted by molar-refractivity contribution is 14.1. The molecule has 2 aliphatic carbocycles. The van der Waals surface area contributed by atoms with Crippen molar-refractivity contribution in [3.63, 3.8) is 0 Å². The molecule has 1 nitrogen and oxygen atoms in total. The van der Waals surface area contributed by atoms with Gasteiger partial charge < -0.3 is 4.74 Å². The van der Waals surface area contributed by atoms with Gasteiger partial charge in [-0.05, 0) is 102 Å². The van der Waals surface area contributed by atoms with Gasteiger partial charge in [0, 0.05) is 10.0 Å². The van der Waals surface area contributed by atoms with Gasteiger partial charge in [-0.15, -0.1) is 0 Å². The number of rotatable bonds is 4. The van der Waals surface area contributed by atoms with Crippen LogP contribution in [0.2, 0.25) is 0 Å². The maximum Gasteiger partial charge on any atom is 0.119 e. The molecule has 0 spiro atoms. The maximum absolute atomic E-state index is 5.84. The van der Waals surface area contributed by atoms with Crippen LogP contribution in [0, 0.1) is 0 Å². The Labute approximate surface area is 147 Å². The van der Waals surface area contributed by atoms with Crippen LogP contribution >= 0.6 is 45.2 Å². The quantitative estimate of drug-likeness (QED) is 0.365. The summed E-state index contributed by atoms with van der Waals surface area (Å²) in [5.74, 6) is 0.993. The molecule has 0 saturated carbocycles. The average molecular weight is 490 g/mol. The number of allylic oxidation sites excluding steroid dienone is 5. The van der Waals surface area contributed by atoms with Crippen LogP contribution in [0.25, 0.3) is 11.6 Å². The van der Waals surface area contributed by atoms with Crippen molar-refractivity contribution in [2.45, 2.75) is 26.2 Å². The molecule has 0 heterocycles. The third-order valence-electron chi connectivity index (χ3n) is 3.57. The van der Waals surface area contributed by atoms with Gasteiger partial charge in [0.05, 0.1) is 6.61 Å². The maximum atomic E-state index is 5.84. The number of benzene rings is 1. The van der Waals surface area contributed by atoms with Gasteiger partial charge in [0.25, 0.3) is 0 Å². The first-order chi connectivity index (χ1) is 9.69. The molecule has 1 aromatic rings. The van der Waals surface area contributed by atoms with Crippen LogP contribution in [0.1, 0.15) is 37.3 Å². The Hall–Kier alpha value is -0.300. The van der Waals surface area contributed by atoms with Gasteiger partial charge in [0.1, 0.15) is 5.75 Å². The van der Waals surface area contributed by atoms with E-state index < -0.39 is 0 Å². The molecule has 3 heteroatoms. The number of unbranched alkanes of at least 4 members (excludes halogenated alkanes) is 1. The molecule has 3 rings (SSSR count). The van der Waals surface area contributed by atoms with E-state index in [2.05, 4.69) is 82.5 Å². The Morgan fingerprint density at radius 2 is 2.05 bits per heavy atom. The highest BCUT2D eigenvalue weighted by atomic mass is 127. The van der Waals surface area contributed by atoms with E-state index in [0.29, 0.717) is 0 Å². The van der Waals surface area contributed by atoms with Crippen molar-refractivity contribution in [3.8, 4) is 5.75 Å². The second kappa shape index (κ2) is 6.22. The van der Waals surface area contributed by atoms with Crippen LogP contribution < -0.4 is 4.74 Å². The molecule has 0 amide bonds. The van der Waals surface area contributed by atoms with Crippen molar-refractivity contribution in [2.75, 3.05) is 6.61 Å². The predicted molar refractivity (Wildman–Crippen MR) is 102 cm³/mol. The summed E-state index contributed by atoms with van der Waals surface area (Å²) < 4.78 is 8.69. The number of hydrogen-bond acceptors (Lipinski definition) is 1. The molecule has 1 aromatic carbocycles. The average Bonchev–Trinajstić information content (AvgIpc) is 2.76. The Bertz CT molecular complexity index is 638. The second-order valence-electron chi connectivity index (χ2n) is 5.10. The number of hydrogen-bond donors (Lipinski definition) is 0. The fourth-order valence-electron chi connectivity index (χ4n) is 2.57. The first kappa shape index (κ1) is 14.6. The third kappa shape index (κ3) is 2.84. The zero-order valence-electron chi connectivity index (χ0n) is 11.4. The second-order valence-corrected chi connectivity index (χ2v) is 7.79. The molecular formula is C17H16I2O. The smallest absolute Gasteiger partial charge is 0.119 e. The fourth-order valence-corrected chi connectivity index (χ4v) is 5.03. The monoisotopic (exact) mass is 490 g/mol. The van der Waals surface area contributed by atoms with Crippen molar-refractivity contribution >= 4 is 56.8 Å². The lowest BCUT2D eigenvalue weighted by Crippen LogP contribution is -1.98. The summed E-state index contributed by atoms with van der Waals surface area (Å²) in [6.45, 7) is 2.99. The molecule has 0 aromatic heterocycles. The molecule has 20 heavy (non-hydrogen) atoms. The lowest BCUT2D eigenvalue weighted by atomic mass is 9.98. The van der Waals surface area contributed by atoms with Crippen LogP contribution in [0.4, 0.5) is 0 Å². The van der Waals surface area contributed by atoms with Crippen molar-refractivity contribution in [1.29, 1.82) is 0 Å². The van der Waals surface area contributed by atoms with Gasteiger partial charge >= 0.3 is 0 Å². The van der Waals surface area contributed by atoms with Crippen LogP contribution in [0.5, 0.6) is 5.75 Å². The van der Waals surface area contributed by atoms with Gasteiger partial charge in [0.15, 0.2) is 0 Å². The lowest BCUT2D eigenvalue weighted by Gasteiger charge is -2.15. The van der Waals surface area contributed by atoms with E-state index in [9.17, 15) is 0 Å². The van der Waals surface area contributed by atoms with E-state index in [4.69, 9.17) is 4.74 Å². The number of halogens is 2. The van der Waals surface area contributed by atoms with Gasteiger partial charge in [0.2, 0.25) is 0 Å². The Kier molecular flexibility index (Phi) is 4.55. The van der Waals surface area contributed by atoms with Crippen LogP contribution in [-0.2, 0) is 0 Å². The number of ether oxygens (including phenoxy) is 1. The van der Waals surface area contributed by atoms with E-state index in [-0.39, 0.29) is 0 Å². The third-order valence-corrected chi connectivity index (χ3v) is 5.18. The lowest BCUT2D eigenvalue weighted by molar-refractivity contribution is 0.309. The van der Waals surface area contributed by atoms with Crippen molar-refractivity contribution < 1.29 is 4.74 Å². The molecule has 0 unspecified atom stereocenters. The van der Waals surface area contributed by atoms with Crippen molar-refractivity contribution in [2.24, 2.45) is 0 Å². The van der Waals surface area contributed by atoms with E-state index in [1.54, 1.807) is 0 Å². The van der Waals surface area contributed by atoms with E-state index in [1.165, 1.54) is 35.9 Å². The predicted octanol–water partition coefficient (Wildman–Crippen LogP) is 6.13. The summed E-state index contributed by atoms with van der Waals surface area (Å²) in [5.41, 5.74) is 5.40. The summed E-state index contributed by atoms with van der Waals surface area (Å²) in [6, 6.07) is 6.47. The Balaban J connectivity index is 1.92. The Morgan fingerprint density at radius 3 is 2.85 bits per heavy atom. The molecule has 0 atom stereocenters. The van der Waals surface area contributed by atoms with Crippen molar-refractivity contribution in [3.05, 3.63) is 48.1 Å². The number of fused-ring (bicyclic) bond motifs is 3. The normalized spacial score (nSPS) is 16.6. The van der Waals surface area contributed by atoms with Gasteiger partial charge in [-0.25, -0.2) is 0 Å². The topological polar surface area (TPSA) is 9.23 Å². The molecule has 2 aliphatic rings. The summed E-state index contributed by atoms with van der Waals surface area (Å²) in [4.78, 5) is 0. The SMILES string of the molecule is CCCCOc1ccc2c(c1)C1=C(I)CC(I)=CC1=C2. The minimum absolute atomic E-state index is 0.809. The molecule has 0 N–H and O–H groups in total. The first-order valence-electron chi connectivity index (χ1n) is 6.93. The summed E-state index contributed by atoms with van der Waals surface area (Å²) in [7, 11) is 0. The largest absolute Gasteiger partial charge is 0.494 e. The van der Waals surface area contributed by atoms with Gasteiger partial charge in [-0.2, -0.15) is 0 Å². The minimum atomic E-state index is 0.809. The van der Waals surface area contributed by atoms with Gasteiger partial charge in [-0.3, -0.25) is 0 Å². The summed E-state index contributed by atoms with van der Waals surface area (Å²) in [6.07, 6.45) is 7.94. The van der Waals surface area contributed by atoms with Gasteiger partial charge in [-0.1, -0.05) is 19.4 Å². The first-order valence-corrected chi connectivity index (χ1v) is 9.09. The van der Waals surface area contributed by atoms with E-state index in [1.807, 2.05) is 0 Å².